The highest BCUT2D eigenvalue weighted by Crippen LogP contribution is 2.24. The van der Waals surface area contributed by atoms with Gasteiger partial charge in [-0.3, -0.25) is 4.79 Å². The molecule has 0 atom stereocenters. The Bertz CT molecular complexity index is 832. The minimum atomic E-state index is 0.565. The summed E-state index contributed by atoms with van der Waals surface area (Å²) in [6.45, 7) is 0. The van der Waals surface area contributed by atoms with Gasteiger partial charge in [-0.1, -0.05) is 36.4 Å². The van der Waals surface area contributed by atoms with Crippen molar-refractivity contribution in [2.75, 3.05) is 0 Å². The molecule has 0 fully saturated rings. The number of thiazole rings is 1. The SMILES string of the molecule is Cn1c(-c2ccc3ccccc3c2)csc1=NNC=O. The monoisotopic (exact) mass is 283 g/mol. The summed E-state index contributed by atoms with van der Waals surface area (Å²) in [6.07, 6.45) is 0.565. The van der Waals surface area contributed by atoms with Gasteiger partial charge in [0, 0.05) is 12.4 Å². The molecule has 0 saturated heterocycles. The third kappa shape index (κ3) is 2.23. The van der Waals surface area contributed by atoms with Crippen LogP contribution in [0.25, 0.3) is 22.0 Å². The fourth-order valence-corrected chi connectivity index (χ4v) is 3.04. The summed E-state index contributed by atoms with van der Waals surface area (Å²) < 4.78 is 1.96. The molecular formula is C15H13N3OS. The first kappa shape index (κ1) is 12.6. The lowest BCUT2D eigenvalue weighted by molar-refractivity contribution is -0.109. The first-order chi connectivity index (χ1) is 9.79. The van der Waals surface area contributed by atoms with Gasteiger partial charge in [0.05, 0.1) is 5.69 Å². The molecule has 3 rings (SSSR count). The van der Waals surface area contributed by atoms with Gasteiger partial charge >= 0.3 is 0 Å². The van der Waals surface area contributed by atoms with Crippen LogP contribution >= 0.6 is 11.3 Å². The number of benzene rings is 2. The second kappa shape index (κ2) is 5.30. The number of nitrogens with one attached hydrogen (secondary N) is 1. The van der Waals surface area contributed by atoms with Crippen molar-refractivity contribution in [1.29, 1.82) is 0 Å². The van der Waals surface area contributed by atoms with E-state index >= 15 is 0 Å². The third-order valence-electron chi connectivity index (χ3n) is 3.18. The van der Waals surface area contributed by atoms with Crippen LogP contribution in [0.2, 0.25) is 0 Å². The zero-order chi connectivity index (χ0) is 13.9. The highest BCUT2D eigenvalue weighted by molar-refractivity contribution is 7.07. The van der Waals surface area contributed by atoms with E-state index in [1.54, 1.807) is 0 Å². The standard InChI is InChI=1S/C15H13N3OS/c1-18-14(9-20-15(18)17-16-10-19)13-7-6-11-4-2-3-5-12(11)8-13/h2-10H,1H3,(H,16,19). The Morgan fingerprint density at radius 3 is 2.80 bits per heavy atom. The zero-order valence-electron chi connectivity index (χ0n) is 10.9. The summed E-state index contributed by atoms with van der Waals surface area (Å²) >= 11 is 1.49. The molecule has 5 heteroatoms. The number of nitrogens with zero attached hydrogens (tertiary/aromatic N) is 2. The third-order valence-corrected chi connectivity index (χ3v) is 4.10. The largest absolute Gasteiger partial charge is 0.318 e. The molecule has 2 aromatic carbocycles. The fraction of sp³-hybridized carbons (Fsp3) is 0.0667. The molecule has 0 spiro atoms. The molecule has 0 aliphatic heterocycles. The van der Waals surface area contributed by atoms with Gasteiger partial charge in [0.25, 0.3) is 0 Å². The van der Waals surface area contributed by atoms with Crippen molar-refractivity contribution in [3.63, 3.8) is 0 Å². The molecule has 0 bridgehead atoms. The number of aromatic nitrogens is 1. The molecule has 20 heavy (non-hydrogen) atoms. The van der Waals surface area contributed by atoms with Gasteiger partial charge < -0.3 is 4.57 Å². The number of rotatable bonds is 3. The van der Waals surface area contributed by atoms with Crippen molar-refractivity contribution in [3.05, 3.63) is 52.6 Å². The minimum absolute atomic E-state index is 0.565. The predicted octanol–water partition coefficient (Wildman–Crippen LogP) is 2.47. The number of hydrogen-bond donors (Lipinski definition) is 1. The van der Waals surface area contributed by atoms with Gasteiger partial charge in [-0.15, -0.1) is 16.4 Å². The second-order valence-corrected chi connectivity index (χ2v) is 5.22. The lowest BCUT2D eigenvalue weighted by Gasteiger charge is -2.05. The Balaban J connectivity index is 2.11. The fourth-order valence-electron chi connectivity index (χ4n) is 2.16. The zero-order valence-corrected chi connectivity index (χ0v) is 11.7. The van der Waals surface area contributed by atoms with E-state index in [9.17, 15) is 4.79 Å². The molecular weight excluding hydrogens is 270 g/mol. The smallest absolute Gasteiger partial charge is 0.227 e. The van der Waals surface area contributed by atoms with E-state index in [1.165, 1.54) is 22.1 Å². The van der Waals surface area contributed by atoms with Crippen LogP contribution < -0.4 is 10.2 Å². The van der Waals surface area contributed by atoms with E-state index in [4.69, 9.17) is 0 Å². The van der Waals surface area contributed by atoms with E-state index in [0.717, 1.165) is 16.1 Å². The Labute approximate surface area is 120 Å². The van der Waals surface area contributed by atoms with Crippen molar-refractivity contribution in [2.45, 2.75) is 0 Å². The molecule has 1 N–H and O–H groups in total. The van der Waals surface area contributed by atoms with E-state index in [1.807, 2.05) is 29.1 Å². The van der Waals surface area contributed by atoms with Crippen molar-refractivity contribution in [1.82, 2.24) is 9.99 Å². The number of amides is 1. The Kier molecular flexibility index (Phi) is 3.35. The maximum absolute atomic E-state index is 10.3. The summed E-state index contributed by atoms with van der Waals surface area (Å²) in [5.74, 6) is 0. The number of carbonyl (C=O) groups is 1. The molecule has 0 radical (unpaired) electrons. The Morgan fingerprint density at radius 1 is 1.20 bits per heavy atom. The topological polar surface area (TPSA) is 46.4 Å². The molecule has 0 aliphatic carbocycles. The molecule has 0 aliphatic rings. The van der Waals surface area contributed by atoms with Crippen LogP contribution in [0.5, 0.6) is 0 Å². The quantitative estimate of drug-likeness (QED) is 0.582. The van der Waals surface area contributed by atoms with E-state index in [-0.39, 0.29) is 0 Å². The average molecular weight is 283 g/mol. The Morgan fingerprint density at radius 2 is 2.00 bits per heavy atom. The van der Waals surface area contributed by atoms with Crippen LogP contribution in [0.15, 0.2) is 52.9 Å². The van der Waals surface area contributed by atoms with Gasteiger partial charge in [-0.2, -0.15) is 0 Å². The van der Waals surface area contributed by atoms with Crippen molar-refractivity contribution < 1.29 is 4.79 Å². The van der Waals surface area contributed by atoms with Gasteiger partial charge in [0.2, 0.25) is 11.2 Å². The van der Waals surface area contributed by atoms with Crippen LogP contribution in [-0.2, 0) is 11.8 Å². The maximum Gasteiger partial charge on any atom is 0.227 e. The number of hydrogen-bond acceptors (Lipinski definition) is 3. The van der Waals surface area contributed by atoms with Crippen molar-refractivity contribution in [2.24, 2.45) is 12.1 Å². The lowest BCUT2D eigenvalue weighted by atomic mass is 10.1. The predicted molar refractivity (Wildman–Crippen MR) is 81.0 cm³/mol. The first-order valence-electron chi connectivity index (χ1n) is 6.16. The van der Waals surface area contributed by atoms with Crippen LogP contribution in [0, 0.1) is 0 Å². The molecule has 3 aromatic rings. The van der Waals surface area contributed by atoms with Crippen LogP contribution in [0.3, 0.4) is 0 Å². The molecule has 0 saturated carbocycles. The molecule has 0 unspecified atom stereocenters. The second-order valence-electron chi connectivity index (χ2n) is 4.38. The van der Waals surface area contributed by atoms with Gasteiger partial charge in [0.15, 0.2) is 0 Å². The number of carbonyl (C=O) groups excluding carboxylic acids is 1. The Hall–Kier alpha value is -2.40. The molecule has 4 nitrogen and oxygen atoms in total. The summed E-state index contributed by atoms with van der Waals surface area (Å²) in [6, 6.07) is 14.6. The van der Waals surface area contributed by atoms with Crippen molar-refractivity contribution in [3.8, 4) is 11.3 Å². The summed E-state index contributed by atoms with van der Waals surface area (Å²) in [7, 11) is 1.94. The highest BCUT2D eigenvalue weighted by atomic mass is 32.1. The lowest BCUT2D eigenvalue weighted by Crippen LogP contribution is -2.16. The van der Waals surface area contributed by atoms with E-state index in [2.05, 4.69) is 40.9 Å². The molecule has 100 valence electrons. The maximum atomic E-state index is 10.3. The normalized spacial score (nSPS) is 11.8. The van der Waals surface area contributed by atoms with Crippen LogP contribution in [-0.4, -0.2) is 11.0 Å². The minimum Gasteiger partial charge on any atom is -0.318 e. The summed E-state index contributed by atoms with van der Waals surface area (Å²) in [5.41, 5.74) is 4.54. The van der Waals surface area contributed by atoms with Crippen LogP contribution in [0.1, 0.15) is 0 Å². The molecule has 1 aromatic heterocycles. The van der Waals surface area contributed by atoms with Gasteiger partial charge in [0.1, 0.15) is 0 Å². The number of fused-ring (bicyclic) bond motifs is 1. The average Bonchev–Trinajstić information content (AvgIpc) is 2.85. The molecule has 1 heterocycles. The van der Waals surface area contributed by atoms with Gasteiger partial charge in [-0.05, 0) is 22.4 Å². The summed E-state index contributed by atoms with van der Waals surface area (Å²) in [5, 5.41) is 8.47. The van der Waals surface area contributed by atoms with E-state index < -0.39 is 0 Å². The highest BCUT2D eigenvalue weighted by Gasteiger charge is 2.05. The van der Waals surface area contributed by atoms with E-state index in [0.29, 0.717) is 6.41 Å². The van der Waals surface area contributed by atoms with Crippen molar-refractivity contribution >= 4 is 28.5 Å². The summed E-state index contributed by atoms with van der Waals surface area (Å²) in [4.78, 5) is 11.1. The first-order valence-corrected chi connectivity index (χ1v) is 7.04. The molecule has 1 amide bonds. The van der Waals surface area contributed by atoms with Crippen LogP contribution in [0.4, 0.5) is 0 Å². The van der Waals surface area contributed by atoms with Gasteiger partial charge in [-0.25, -0.2) is 5.43 Å².